The van der Waals surface area contributed by atoms with Crippen LogP contribution in [0.15, 0.2) is 33.0 Å². The standard InChI is InChI=1S/C13H12BrN3OS/c1-3-6-17-13(18)12(14)10(8-15-17)16-9(2)11-5-4-7-19-11/h1,4-5,7-9,16H,6H2,2H3. The summed E-state index contributed by atoms with van der Waals surface area (Å²) in [6, 6.07) is 4.15. The maximum Gasteiger partial charge on any atom is 0.284 e. The maximum absolute atomic E-state index is 12.0. The Labute approximate surface area is 123 Å². The summed E-state index contributed by atoms with van der Waals surface area (Å²) in [5, 5.41) is 9.31. The van der Waals surface area contributed by atoms with Gasteiger partial charge in [0.1, 0.15) is 11.0 Å². The number of thiophene rings is 1. The van der Waals surface area contributed by atoms with Crippen LogP contribution in [0.3, 0.4) is 0 Å². The van der Waals surface area contributed by atoms with E-state index in [-0.39, 0.29) is 18.1 Å². The molecule has 4 nitrogen and oxygen atoms in total. The van der Waals surface area contributed by atoms with Gasteiger partial charge in [0.2, 0.25) is 0 Å². The average Bonchev–Trinajstić information content (AvgIpc) is 2.92. The summed E-state index contributed by atoms with van der Waals surface area (Å²) in [6.45, 7) is 2.20. The number of anilines is 1. The zero-order valence-electron chi connectivity index (χ0n) is 10.3. The molecule has 0 aliphatic heterocycles. The number of aromatic nitrogens is 2. The molecule has 0 spiro atoms. The number of nitrogens with zero attached hydrogens (tertiary/aromatic N) is 2. The molecule has 1 N–H and O–H groups in total. The molecule has 0 fully saturated rings. The van der Waals surface area contributed by atoms with Crippen LogP contribution in [0.5, 0.6) is 0 Å². The Morgan fingerprint density at radius 1 is 1.68 bits per heavy atom. The Morgan fingerprint density at radius 3 is 3.11 bits per heavy atom. The first-order valence-electron chi connectivity index (χ1n) is 5.62. The van der Waals surface area contributed by atoms with E-state index in [1.165, 1.54) is 9.56 Å². The molecular weight excluding hydrogens is 326 g/mol. The van der Waals surface area contributed by atoms with Crippen LogP contribution in [0.4, 0.5) is 5.69 Å². The van der Waals surface area contributed by atoms with Crippen LogP contribution in [-0.4, -0.2) is 9.78 Å². The van der Waals surface area contributed by atoms with E-state index in [0.29, 0.717) is 10.2 Å². The molecule has 0 saturated carbocycles. The fourth-order valence-electron chi connectivity index (χ4n) is 1.61. The molecule has 0 aliphatic carbocycles. The molecule has 2 heterocycles. The maximum atomic E-state index is 12.0. The summed E-state index contributed by atoms with van der Waals surface area (Å²) in [5.41, 5.74) is 0.431. The SMILES string of the molecule is C#CCn1ncc(NC(C)c2cccs2)c(Br)c1=O. The van der Waals surface area contributed by atoms with E-state index >= 15 is 0 Å². The number of halogens is 1. The Morgan fingerprint density at radius 2 is 2.47 bits per heavy atom. The highest BCUT2D eigenvalue weighted by Gasteiger charge is 2.12. The van der Waals surface area contributed by atoms with E-state index in [4.69, 9.17) is 6.42 Å². The fraction of sp³-hybridized carbons (Fsp3) is 0.231. The van der Waals surface area contributed by atoms with Crippen molar-refractivity contribution in [2.45, 2.75) is 19.5 Å². The van der Waals surface area contributed by atoms with Gasteiger partial charge in [-0.25, -0.2) is 4.68 Å². The lowest BCUT2D eigenvalue weighted by Crippen LogP contribution is -2.24. The number of hydrogen-bond donors (Lipinski definition) is 1. The predicted octanol–water partition coefficient (Wildman–Crippen LogP) is 2.87. The summed E-state index contributed by atoms with van der Waals surface area (Å²) in [7, 11) is 0. The quantitative estimate of drug-likeness (QED) is 0.872. The zero-order chi connectivity index (χ0) is 13.8. The van der Waals surface area contributed by atoms with Gasteiger partial charge in [0.05, 0.1) is 17.9 Å². The second kappa shape index (κ2) is 6.04. The van der Waals surface area contributed by atoms with Gasteiger partial charge >= 0.3 is 0 Å². The Bertz CT molecular complexity index is 658. The van der Waals surface area contributed by atoms with E-state index in [1.807, 2.05) is 24.4 Å². The smallest absolute Gasteiger partial charge is 0.284 e. The van der Waals surface area contributed by atoms with Crippen LogP contribution in [0.2, 0.25) is 0 Å². The first-order chi connectivity index (χ1) is 9.13. The summed E-state index contributed by atoms with van der Waals surface area (Å²) < 4.78 is 1.69. The van der Waals surface area contributed by atoms with Crippen LogP contribution in [0.25, 0.3) is 0 Å². The van der Waals surface area contributed by atoms with Gasteiger partial charge in [-0.1, -0.05) is 12.0 Å². The van der Waals surface area contributed by atoms with Gasteiger partial charge in [0.15, 0.2) is 0 Å². The van der Waals surface area contributed by atoms with Gasteiger partial charge in [0, 0.05) is 4.88 Å². The molecule has 0 amide bonds. The van der Waals surface area contributed by atoms with Crippen molar-refractivity contribution in [3.8, 4) is 12.3 Å². The van der Waals surface area contributed by atoms with Gasteiger partial charge in [-0.05, 0) is 34.3 Å². The van der Waals surface area contributed by atoms with Gasteiger partial charge in [0.25, 0.3) is 5.56 Å². The first kappa shape index (κ1) is 13.8. The molecule has 0 aromatic carbocycles. The number of hydrogen-bond acceptors (Lipinski definition) is 4. The van der Waals surface area contributed by atoms with Crippen molar-refractivity contribution < 1.29 is 0 Å². The highest BCUT2D eigenvalue weighted by molar-refractivity contribution is 9.10. The molecular formula is C13H12BrN3OS. The lowest BCUT2D eigenvalue weighted by Gasteiger charge is -2.15. The molecule has 98 valence electrons. The molecule has 1 unspecified atom stereocenters. The minimum Gasteiger partial charge on any atom is -0.375 e. The molecule has 1 atom stereocenters. The van der Waals surface area contributed by atoms with Gasteiger partial charge in [-0.2, -0.15) is 5.10 Å². The molecule has 0 bridgehead atoms. The van der Waals surface area contributed by atoms with Crippen LogP contribution in [0, 0.1) is 12.3 Å². The van der Waals surface area contributed by atoms with Crippen molar-refractivity contribution >= 4 is 33.0 Å². The summed E-state index contributed by atoms with van der Waals surface area (Å²) >= 11 is 4.96. The van der Waals surface area contributed by atoms with Crippen LogP contribution < -0.4 is 10.9 Å². The molecule has 0 radical (unpaired) electrons. The molecule has 2 aromatic heterocycles. The molecule has 0 saturated heterocycles. The Hall–Kier alpha value is -1.58. The van der Waals surface area contributed by atoms with E-state index in [1.54, 1.807) is 17.5 Å². The lowest BCUT2D eigenvalue weighted by atomic mass is 10.2. The van der Waals surface area contributed by atoms with Gasteiger partial charge < -0.3 is 5.32 Å². The molecule has 0 aliphatic rings. The summed E-state index contributed by atoms with van der Waals surface area (Å²) in [4.78, 5) is 13.2. The Kier molecular flexibility index (Phi) is 4.40. The lowest BCUT2D eigenvalue weighted by molar-refractivity contribution is 0.658. The summed E-state index contributed by atoms with van der Waals surface area (Å²) in [5.74, 6) is 2.40. The highest BCUT2D eigenvalue weighted by atomic mass is 79.9. The van der Waals surface area contributed by atoms with E-state index < -0.39 is 0 Å². The van der Waals surface area contributed by atoms with Crippen molar-refractivity contribution in [2.75, 3.05) is 5.32 Å². The minimum atomic E-state index is -0.235. The molecule has 6 heteroatoms. The zero-order valence-corrected chi connectivity index (χ0v) is 12.7. The van der Waals surface area contributed by atoms with Crippen molar-refractivity contribution in [2.24, 2.45) is 0 Å². The fourth-order valence-corrected chi connectivity index (χ4v) is 2.76. The largest absolute Gasteiger partial charge is 0.375 e. The number of terminal acetylenes is 1. The average molecular weight is 338 g/mol. The topological polar surface area (TPSA) is 46.9 Å². The monoisotopic (exact) mass is 337 g/mol. The Balaban J connectivity index is 2.25. The minimum absolute atomic E-state index is 0.112. The third-order valence-corrected chi connectivity index (χ3v) is 4.39. The van der Waals surface area contributed by atoms with Gasteiger partial charge in [-0.3, -0.25) is 4.79 Å². The van der Waals surface area contributed by atoms with E-state index in [9.17, 15) is 4.79 Å². The van der Waals surface area contributed by atoms with Crippen molar-refractivity contribution in [1.82, 2.24) is 9.78 Å². The van der Waals surface area contributed by atoms with Crippen molar-refractivity contribution in [3.63, 3.8) is 0 Å². The van der Waals surface area contributed by atoms with Crippen LogP contribution in [-0.2, 0) is 6.54 Å². The van der Waals surface area contributed by atoms with Crippen molar-refractivity contribution in [3.05, 3.63) is 43.4 Å². The van der Waals surface area contributed by atoms with Gasteiger partial charge in [-0.15, -0.1) is 17.8 Å². The van der Waals surface area contributed by atoms with Crippen LogP contribution in [0.1, 0.15) is 17.8 Å². The predicted molar refractivity (Wildman–Crippen MR) is 81.4 cm³/mol. The first-order valence-corrected chi connectivity index (χ1v) is 7.29. The second-order valence-corrected chi connectivity index (χ2v) is 5.69. The highest BCUT2D eigenvalue weighted by Crippen LogP contribution is 2.25. The molecule has 2 rings (SSSR count). The van der Waals surface area contributed by atoms with E-state index in [2.05, 4.69) is 32.3 Å². The number of rotatable bonds is 4. The van der Waals surface area contributed by atoms with Crippen LogP contribution >= 0.6 is 27.3 Å². The second-order valence-electron chi connectivity index (χ2n) is 3.92. The molecule has 19 heavy (non-hydrogen) atoms. The summed E-state index contributed by atoms with van der Waals surface area (Å²) in [6.07, 6.45) is 6.79. The normalized spacial score (nSPS) is 11.8. The molecule has 2 aromatic rings. The number of nitrogens with one attached hydrogen (secondary N) is 1. The van der Waals surface area contributed by atoms with E-state index in [0.717, 1.165) is 0 Å². The third kappa shape index (κ3) is 3.06. The third-order valence-electron chi connectivity index (χ3n) is 2.57. The van der Waals surface area contributed by atoms with Crippen molar-refractivity contribution in [1.29, 1.82) is 0 Å².